The van der Waals surface area contributed by atoms with Crippen molar-refractivity contribution in [2.75, 3.05) is 0 Å². The highest BCUT2D eigenvalue weighted by atomic mass is 79.9. The predicted octanol–water partition coefficient (Wildman–Crippen LogP) is 4.73. The first-order valence-corrected chi connectivity index (χ1v) is 86.7. The van der Waals surface area contributed by atoms with E-state index in [1.807, 2.05) is 337 Å². The Hall–Kier alpha value is 11.3. The van der Waals surface area contributed by atoms with Crippen molar-refractivity contribution >= 4 is 506 Å². The first-order chi connectivity index (χ1) is 35.0. The van der Waals surface area contributed by atoms with Gasteiger partial charge in [-0.15, -0.1) is 0 Å². The molecule has 0 atom stereocenters. The molecule has 72 heavy (non-hydrogen) atoms. The maximum absolute atomic E-state index is 11.1. The van der Waals surface area contributed by atoms with Gasteiger partial charge in [-0.25, -0.2) is 0 Å². The molecule has 1 aliphatic carbocycles. The number of carbonyl (C=O) groups is 1. The van der Waals surface area contributed by atoms with Gasteiger partial charge in [-0.1, -0.05) is 57.5 Å². The summed E-state index contributed by atoms with van der Waals surface area (Å²) in [5, 5.41) is 0. The van der Waals surface area contributed by atoms with Gasteiger partial charge in [-0.3, -0.25) is 4.79 Å². The summed E-state index contributed by atoms with van der Waals surface area (Å²) in [5.41, 5.74) is 3.71. The second-order valence-electron chi connectivity index (χ2n) is 10.5. The van der Waals surface area contributed by atoms with Crippen LogP contribution in [0.1, 0.15) is 63.0 Å². The fourth-order valence-corrected chi connectivity index (χ4v) is 141. The molecule has 56 heteroatoms. The third-order valence-electron chi connectivity index (χ3n) is 7.15. The summed E-state index contributed by atoms with van der Waals surface area (Å²) in [6, 6.07) is 4.19. The smallest absolute Gasteiger partial charge is 0.151 e. The summed E-state index contributed by atoms with van der Waals surface area (Å²) in [7, 11) is 93.0. The van der Waals surface area contributed by atoms with Crippen LogP contribution in [0, 0.1) is 5.41 Å². The number of rotatable bonds is 1. The number of carbonyl (C=O) groups excluding carboxylic acids is 1. The summed E-state index contributed by atoms with van der Waals surface area (Å²) in [4.78, 5) is 11.1. The van der Waals surface area contributed by atoms with Crippen LogP contribution in [0.5, 0.6) is 0 Å². The van der Waals surface area contributed by atoms with Crippen molar-refractivity contribution in [3.8, 4) is 0 Å². The Morgan fingerprint density at radius 3 is 0.611 bits per heavy atom. The third kappa shape index (κ3) is 43.0. The zero-order chi connectivity index (χ0) is 52.7. The number of benzene rings is 1. The molecule has 0 fully saturated rings. The molecule has 422 valence electrons. The molecule has 0 N–H and O–H groups in total. The third-order valence-corrected chi connectivity index (χ3v) is 121. The summed E-state index contributed by atoms with van der Waals surface area (Å²) in [6.07, 6.45) is 0.929. The standard InChI is InChI=1S/C16H21BrO.S54/c1-14(2)11-7-10(9-18)13(17)8-12(11)15(3,4)16(14,5)6;1-3-5-7-9-11-13-15-17-19-21-23-25-27-29-31-33-35-37-39-41-43-45-47-49-51-53-54-52-50-48-46-44-42-40-38-36-34-32-30-28-26-24-22-20-18-16-14-12-10-8-6-4-2/h7-9H,1-6H3;. The van der Waals surface area contributed by atoms with Gasteiger partial charge in [-0.2, -0.15) is 0 Å². The lowest BCUT2D eigenvalue weighted by Gasteiger charge is -2.44. The molecule has 0 spiro atoms. The van der Waals surface area contributed by atoms with Crippen LogP contribution in [0.15, 0.2) is 16.6 Å². The minimum Gasteiger partial charge on any atom is -0.298 e. The Labute approximate surface area is 586 Å². The number of hydrogen-bond acceptors (Lipinski definition) is 3. The Bertz CT molecular complexity index is 4490. The number of fused-ring (bicyclic) bond motifs is 1. The highest BCUT2D eigenvalue weighted by Gasteiger charge is 2.56. The van der Waals surface area contributed by atoms with Crippen molar-refractivity contribution < 1.29 is 4.79 Å². The van der Waals surface area contributed by atoms with E-state index < -0.39 is 0 Å². The molecule has 2 rings (SSSR count). The van der Waals surface area contributed by atoms with Gasteiger partial charge < -0.3 is 0 Å². The molecule has 0 saturated carbocycles. The predicted molar refractivity (Wildman–Crippen MR) is 477 cm³/mol. The molecule has 0 aromatic heterocycles. The van der Waals surface area contributed by atoms with Gasteiger partial charge in [0.2, 0.25) is 0 Å². The normalized spacial score (nSPS) is 11.5. The molecule has 0 radical (unpaired) electrons. The van der Waals surface area contributed by atoms with E-state index in [1.165, 1.54) is 28.9 Å². The monoisotopic (exact) mass is 2030 g/mol. The van der Waals surface area contributed by atoms with E-state index in [4.69, 9.17) is 22.4 Å². The lowest BCUT2D eigenvalue weighted by molar-refractivity contribution is 0.112. The lowest BCUT2D eigenvalue weighted by atomic mass is 9.59. The van der Waals surface area contributed by atoms with Crippen LogP contribution in [0.25, 0.3) is 0 Å². The van der Waals surface area contributed by atoms with E-state index in [-0.39, 0.29) is 16.2 Å². The van der Waals surface area contributed by atoms with E-state index in [0.717, 1.165) is 16.3 Å². The summed E-state index contributed by atoms with van der Waals surface area (Å²) in [6.45, 7) is 13.8. The van der Waals surface area contributed by atoms with E-state index in [1.54, 1.807) is 107 Å². The van der Waals surface area contributed by atoms with E-state index in [0.29, 0.717) is 0 Å². The maximum Gasteiger partial charge on any atom is 0.151 e. The second kappa shape index (κ2) is 58.6. The summed E-state index contributed by atoms with van der Waals surface area (Å²) in [5.74, 6) is 0. The molecule has 1 aliphatic rings. The largest absolute Gasteiger partial charge is 0.298 e. The van der Waals surface area contributed by atoms with E-state index >= 15 is 0 Å². The Morgan fingerprint density at radius 2 is 0.458 bits per heavy atom. The summed E-state index contributed by atoms with van der Waals surface area (Å²) >= 11 is 13.1. The quantitative estimate of drug-likeness (QED) is 0.380. The Morgan fingerprint density at radius 1 is 0.306 bits per heavy atom. The molecule has 1 aromatic rings. The minimum atomic E-state index is 0.0598. The van der Waals surface area contributed by atoms with Crippen molar-refractivity contribution in [3.05, 3.63) is 33.3 Å². The fraction of sp³-hybridized carbons (Fsp3) is 0.562. The van der Waals surface area contributed by atoms with Crippen molar-refractivity contribution in [2.24, 2.45) is 5.41 Å². The molecule has 0 bridgehead atoms. The highest BCUT2D eigenvalue weighted by molar-refractivity contribution is 9.10. The van der Waals surface area contributed by atoms with Gasteiger partial charge in [0.1, 0.15) is 0 Å². The van der Waals surface area contributed by atoms with Crippen molar-refractivity contribution in [1.29, 1.82) is 0 Å². The molecule has 0 amide bonds. The van der Waals surface area contributed by atoms with Crippen LogP contribution in [0.4, 0.5) is 0 Å². The zero-order valence-electron chi connectivity index (χ0n) is 34.1. The molecule has 1 aromatic carbocycles. The van der Waals surface area contributed by atoms with Gasteiger partial charge >= 0.3 is 0 Å². The fourth-order valence-electron chi connectivity index (χ4n) is 3.74. The van der Waals surface area contributed by atoms with Crippen LogP contribution in [0.2, 0.25) is 0 Å². The maximum atomic E-state index is 11.1. The molecule has 1 nitrogen and oxygen atoms in total. The molecule has 0 unspecified atom stereocenters. The van der Waals surface area contributed by atoms with Crippen LogP contribution in [-0.4, -0.2) is 6.29 Å². The molecule has 0 saturated heterocycles. The zero-order valence-corrected chi connectivity index (χ0v) is 79.7. The molecule has 0 heterocycles. The van der Waals surface area contributed by atoms with Gasteiger partial charge in [0.15, 0.2) is 6.29 Å². The molecular weight excluding hydrogens is 2020 g/mol. The first-order valence-electron chi connectivity index (χ1n) is 15.2. The van der Waals surface area contributed by atoms with Crippen molar-refractivity contribution in [1.82, 2.24) is 0 Å². The number of halogens is 1. The number of hydrogen-bond donors (Lipinski definition) is 0. The van der Waals surface area contributed by atoms with Gasteiger partial charge in [0.05, 0.1) is 0 Å². The highest BCUT2D eigenvalue weighted by Crippen LogP contribution is 2.61. The Balaban J connectivity index is 0.00000119. The van der Waals surface area contributed by atoms with Gasteiger partial charge in [0, 0.05) is 494 Å². The Kier molecular flexibility index (Phi) is 66.2. The van der Waals surface area contributed by atoms with Crippen molar-refractivity contribution in [2.45, 2.75) is 52.4 Å². The lowest BCUT2D eigenvalue weighted by Crippen LogP contribution is -2.42. The summed E-state index contributed by atoms with van der Waals surface area (Å²) < 4.78 is 0.901. The molecular formula is C16H21BrOS54. The van der Waals surface area contributed by atoms with Crippen molar-refractivity contribution in [3.63, 3.8) is 0 Å². The number of aldehydes is 1. The second-order valence-corrected chi connectivity index (χ2v) is 103. The van der Waals surface area contributed by atoms with E-state index in [2.05, 4.69) is 69.6 Å². The minimum absolute atomic E-state index is 0.0598. The van der Waals surface area contributed by atoms with Crippen LogP contribution in [-0.2, 0) is 495 Å². The first kappa shape index (κ1) is 81.3. The van der Waals surface area contributed by atoms with Crippen LogP contribution < -0.4 is 0 Å². The van der Waals surface area contributed by atoms with Gasteiger partial charge in [0.25, 0.3) is 0 Å². The van der Waals surface area contributed by atoms with Crippen LogP contribution in [0.3, 0.4) is 0 Å². The molecule has 0 aliphatic heterocycles. The average molecular weight is 2040 g/mol. The van der Waals surface area contributed by atoms with Gasteiger partial charge in [-0.05, 0) is 39.5 Å². The van der Waals surface area contributed by atoms with Crippen LogP contribution >= 0.6 is 15.9 Å². The average Bonchev–Trinajstić information content (AvgIpc) is 3.46. The SMILES string of the molecule is CC1(C)c2cc(Br)c(C=O)cc2C(C)(C)C1(C)C.S=S=S=S=S=S=S=S=S=S=S=S=S=S=S=S=S=S=S=S=S=S=S=S=S=S=S=S=S=S=S=S=S=S=S=S=S=S=S=S=S=S=S=S=S=S=S=S=S=S=S=S=S=S. The topological polar surface area (TPSA) is 17.1 Å². The van der Waals surface area contributed by atoms with E-state index in [9.17, 15) is 4.79 Å².